The van der Waals surface area contributed by atoms with Gasteiger partial charge in [-0.25, -0.2) is 0 Å². The number of rotatable bonds is 4. The second-order valence-corrected chi connectivity index (χ2v) is 6.86. The summed E-state index contributed by atoms with van der Waals surface area (Å²) in [5, 5.41) is 0. The molecule has 2 heteroatoms. The number of hydrogen-bond acceptors (Lipinski definition) is 2. The van der Waals surface area contributed by atoms with Crippen molar-refractivity contribution >= 4 is 35.3 Å². The van der Waals surface area contributed by atoms with Crippen molar-refractivity contribution in [2.45, 2.75) is 0 Å². The molecule has 1 aliphatic rings. The summed E-state index contributed by atoms with van der Waals surface area (Å²) >= 11 is 0. The molecule has 0 aliphatic heterocycles. The number of nitrogens with zero attached hydrogens (tertiary/aromatic N) is 2. The lowest BCUT2D eigenvalue weighted by molar-refractivity contribution is 1.13. The summed E-state index contributed by atoms with van der Waals surface area (Å²) in [6.45, 7) is 0. The van der Waals surface area contributed by atoms with E-state index in [0.29, 0.717) is 0 Å². The molecule has 1 aliphatic carbocycles. The monoisotopic (exact) mass is 350 g/mol. The summed E-state index contributed by atoms with van der Waals surface area (Å²) in [5.41, 5.74) is 8.25. The van der Waals surface area contributed by atoms with Crippen molar-refractivity contribution in [3.63, 3.8) is 0 Å². The SMILES string of the molecule is CN(C)c1ccc(C=Nc2ccc(C=C3C=Cc4ccccc43)cc2)cc1. The minimum atomic E-state index is 0.955. The van der Waals surface area contributed by atoms with Crippen LogP contribution in [-0.2, 0) is 0 Å². The Morgan fingerprint density at radius 3 is 2.19 bits per heavy atom. The van der Waals surface area contributed by atoms with Crippen molar-refractivity contribution in [2.24, 2.45) is 4.99 Å². The van der Waals surface area contributed by atoms with Crippen LogP contribution < -0.4 is 4.90 Å². The van der Waals surface area contributed by atoms with Gasteiger partial charge in [-0.1, -0.05) is 60.7 Å². The van der Waals surface area contributed by atoms with E-state index >= 15 is 0 Å². The van der Waals surface area contributed by atoms with Crippen molar-refractivity contribution in [3.05, 3.63) is 101 Å². The molecule has 2 nitrogen and oxygen atoms in total. The van der Waals surface area contributed by atoms with Crippen molar-refractivity contribution in [2.75, 3.05) is 19.0 Å². The third-order valence-corrected chi connectivity index (χ3v) is 4.70. The van der Waals surface area contributed by atoms with Gasteiger partial charge < -0.3 is 4.90 Å². The van der Waals surface area contributed by atoms with E-state index < -0.39 is 0 Å². The molecule has 0 heterocycles. The van der Waals surface area contributed by atoms with Crippen LogP contribution in [0.3, 0.4) is 0 Å². The maximum Gasteiger partial charge on any atom is 0.0630 e. The number of aliphatic imine (C=N–C) groups is 1. The van der Waals surface area contributed by atoms with Crippen LogP contribution in [0.25, 0.3) is 17.7 Å². The van der Waals surface area contributed by atoms with Crippen molar-refractivity contribution in [3.8, 4) is 0 Å². The van der Waals surface area contributed by atoms with E-state index in [9.17, 15) is 0 Å². The van der Waals surface area contributed by atoms with Gasteiger partial charge in [-0.05, 0) is 58.2 Å². The zero-order valence-corrected chi connectivity index (χ0v) is 15.6. The van der Waals surface area contributed by atoms with Crippen LogP contribution in [0.15, 0.2) is 83.9 Å². The Labute approximate surface area is 160 Å². The van der Waals surface area contributed by atoms with Crippen LogP contribution in [0.5, 0.6) is 0 Å². The van der Waals surface area contributed by atoms with Crippen LogP contribution in [-0.4, -0.2) is 20.3 Å². The molecule has 27 heavy (non-hydrogen) atoms. The van der Waals surface area contributed by atoms with E-state index in [4.69, 9.17) is 0 Å². The van der Waals surface area contributed by atoms with E-state index in [2.05, 4.69) is 101 Å². The quantitative estimate of drug-likeness (QED) is 0.521. The molecule has 0 aromatic heterocycles. The second kappa shape index (κ2) is 7.46. The molecule has 0 atom stereocenters. The molecular weight excluding hydrogens is 328 g/mol. The Balaban J connectivity index is 1.48. The van der Waals surface area contributed by atoms with E-state index in [0.717, 1.165) is 11.3 Å². The molecule has 0 bridgehead atoms. The molecule has 0 spiro atoms. The predicted octanol–water partition coefficient (Wildman–Crippen LogP) is 6.07. The standard InChI is InChI=1S/C25H22N2/c1-27(2)24-15-9-20(10-16-24)18-26-23-13-7-19(8-14-23)17-22-12-11-21-5-3-4-6-25(21)22/h3-18H,1-2H3. The minimum absolute atomic E-state index is 0.955. The first-order valence-corrected chi connectivity index (χ1v) is 9.10. The Kier molecular flexibility index (Phi) is 4.71. The Morgan fingerprint density at radius 1 is 0.741 bits per heavy atom. The molecule has 3 aromatic rings. The summed E-state index contributed by atoms with van der Waals surface area (Å²) in [6, 6.07) is 25.2. The van der Waals surface area contributed by atoms with Crippen LogP contribution in [0.4, 0.5) is 11.4 Å². The fourth-order valence-electron chi connectivity index (χ4n) is 3.14. The van der Waals surface area contributed by atoms with Gasteiger partial charge in [0.25, 0.3) is 0 Å². The van der Waals surface area contributed by atoms with E-state index in [-0.39, 0.29) is 0 Å². The summed E-state index contributed by atoms with van der Waals surface area (Å²) in [5.74, 6) is 0. The smallest absolute Gasteiger partial charge is 0.0630 e. The molecule has 0 fully saturated rings. The van der Waals surface area contributed by atoms with Gasteiger partial charge >= 0.3 is 0 Å². The number of allylic oxidation sites excluding steroid dienone is 2. The Morgan fingerprint density at radius 2 is 1.44 bits per heavy atom. The fraction of sp³-hybridized carbons (Fsp3) is 0.0800. The molecular formula is C25H22N2. The second-order valence-electron chi connectivity index (χ2n) is 6.86. The summed E-state index contributed by atoms with van der Waals surface area (Å²) in [6.07, 6.45) is 8.47. The molecule has 3 aromatic carbocycles. The molecule has 0 radical (unpaired) electrons. The minimum Gasteiger partial charge on any atom is -0.378 e. The number of benzene rings is 3. The average Bonchev–Trinajstić information content (AvgIpc) is 3.11. The molecule has 4 rings (SSSR count). The van der Waals surface area contributed by atoms with Gasteiger partial charge in [-0.2, -0.15) is 0 Å². The van der Waals surface area contributed by atoms with Gasteiger partial charge in [0, 0.05) is 26.0 Å². The third-order valence-electron chi connectivity index (χ3n) is 4.70. The maximum absolute atomic E-state index is 4.59. The van der Waals surface area contributed by atoms with Crippen LogP contribution in [0, 0.1) is 0 Å². The Bertz CT molecular complexity index is 1020. The van der Waals surface area contributed by atoms with Crippen LogP contribution >= 0.6 is 0 Å². The van der Waals surface area contributed by atoms with Gasteiger partial charge in [0.2, 0.25) is 0 Å². The highest BCUT2D eigenvalue weighted by Gasteiger charge is 2.08. The number of fused-ring (bicyclic) bond motifs is 1. The average molecular weight is 350 g/mol. The summed E-state index contributed by atoms with van der Waals surface area (Å²) in [4.78, 5) is 6.68. The van der Waals surface area contributed by atoms with Crippen LogP contribution in [0.2, 0.25) is 0 Å². The van der Waals surface area contributed by atoms with Gasteiger partial charge in [0.15, 0.2) is 0 Å². The zero-order valence-electron chi connectivity index (χ0n) is 15.6. The molecule has 0 N–H and O–H groups in total. The largest absolute Gasteiger partial charge is 0.378 e. The first-order chi connectivity index (χ1) is 13.2. The van der Waals surface area contributed by atoms with Gasteiger partial charge in [-0.3, -0.25) is 4.99 Å². The molecule has 132 valence electrons. The first kappa shape index (κ1) is 17.0. The maximum atomic E-state index is 4.59. The molecule has 0 unspecified atom stereocenters. The van der Waals surface area contributed by atoms with E-state index in [1.807, 2.05) is 20.3 Å². The van der Waals surface area contributed by atoms with Gasteiger partial charge in [-0.15, -0.1) is 0 Å². The zero-order chi connectivity index (χ0) is 18.6. The third kappa shape index (κ3) is 3.90. The van der Waals surface area contributed by atoms with Gasteiger partial charge in [0.05, 0.1) is 5.69 Å². The predicted molar refractivity (Wildman–Crippen MR) is 118 cm³/mol. The molecule has 0 amide bonds. The van der Waals surface area contributed by atoms with Crippen molar-refractivity contribution in [1.29, 1.82) is 0 Å². The van der Waals surface area contributed by atoms with Gasteiger partial charge in [0.1, 0.15) is 0 Å². The fourth-order valence-corrected chi connectivity index (χ4v) is 3.14. The highest BCUT2D eigenvalue weighted by molar-refractivity contribution is 5.97. The van der Waals surface area contributed by atoms with Crippen LogP contribution in [0.1, 0.15) is 22.3 Å². The van der Waals surface area contributed by atoms with Crippen molar-refractivity contribution < 1.29 is 0 Å². The number of anilines is 1. The Hall–Kier alpha value is -3.39. The topological polar surface area (TPSA) is 15.6 Å². The molecule has 0 saturated heterocycles. The highest BCUT2D eigenvalue weighted by atomic mass is 15.1. The number of hydrogen-bond donors (Lipinski definition) is 0. The van der Waals surface area contributed by atoms with Crippen molar-refractivity contribution in [1.82, 2.24) is 0 Å². The molecule has 0 saturated carbocycles. The van der Waals surface area contributed by atoms with E-state index in [1.165, 1.54) is 28.0 Å². The lowest BCUT2D eigenvalue weighted by Gasteiger charge is -2.11. The summed E-state index contributed by atoms with van der Waals surface area (Å²) < 4.78 is 0. The normalized spacial score (nSPS) is 14.1. The first-order valence-electron chi connectivity index (χ1n) is 9.10. The summed E-state index contributed by atoms with van der Waals surface area (Å²) in [7, 11) is 4.08. The highest BCUT2D eigenvalue weighted by Crippen LogP contribution is 2.30. The van der Waals surface area contributed by atoms with E-state index in [1.54, 1.807) is 0 Å². The lowest BCUT2D eigenvalue weighted by Crippen LogP contribution is -2.08. The lowest BCUT2D eigenvalue weighted by atomic mass is 10.0.